The Morgan fingerprint density at radius 2 is 2.10 bits per heavy atom. The second-order valence-corrected chi connectivity index (χ2v) is 5.97. The van der Waals surface area contributed by atoms with Crippen molar-refractivity contribution in [3.05, 3.63) is 24.3 Å². The largest absolute Gasteiger partial charge is 0.497 e. The molecule has 0 heterocycles. The van der Waals surface area contributed by atoms with E-state index in [0.29, 0.717) is 12.0 Å². The minimum Gasteiger partial charge on any atom is -0.497 e. The summed E-state index contributed by atoms with van der Waals surface area (Å²) in [5.74, 6) is 1.43. The monoisotopic (exact) mass is 290 g/mol. The summed E-state index contributed by atoms with van der Waals surface area (Å²) < 4.78 is 5.19. The van der Waals surface area contributed by atoms with Gasteiger partial charge in [-0.2, -0.15) is 0 Å². The number of anilines is 1. The number of benzene rings is 1. The van der Waals surface area contributed by atoms with Gasteiger partial charge >= 0.3 is 0 Å². The maximum Gasteiger partial charge on any atom is 0.242 e. The lowest BCUT2D eigenvalue weighted by molar-refractivity contribution is -0.122. The summed E-state index contributed by atoms with van der Waals surface area (Å²) in [6, 6.07) is 7.70. The predicted molar refractivity (Wildman–Crippen MR) is 85.6 cm³/mol. The molecule has 116 valence electrons. The van der Waals surface area contributed by atoms with Crippen molar-refractivity contribution in [3.8, 4) is 5.75 Å². The number of hydrogen-bond donors (Lipinski definition) is 2. The van der Waals surface area contributed by atoms with Gasteiger partial charge in [-0.25, -0.2) is 0 Å². The summed E-state index contributed by atoms with van der Waals surface area (Å²) in [5, 5.41) is 6.41. The summed E-state index contributed by atoms with van der Waals surface area (Å²) in [5.41, 5.74) is 0.897. The first-order valence-electron chi connectivity index (χ1n) is 7.81. The number of methoxy groups -OCH3 is 1. The highest BCUT2D eigenvalue weighted by Gasteiger charge is 2.24. The molecule has 1 amide bonds. The molecule has 3 unspecified atom stereocenters. The molecule has 0 saturated heterocycles. The number of ether oxygens (including phenoxy) is 1. The van der Waals surface area contributed by atoms with Gasteiger partial charge in [-0.3, -0.25) is 4.79 Å². The van der Waals surface area contributed by atoms with E-state index in [1.165, 1.54) is 19.3 Å². The van der Waals surface area contributed by atoms with Crippen molar-refractivity contribution in [3.63, 3.8) is 0 Å². The van der Waals surface area contributed by atoms with Gasteiger partial charge in [0.05, 0.1) is 7.11 Å². The van der Waals surface area contributed by atoms with Crippen molar-refractivity contribution in [2.75, 3.05) is 12.4 Å². The van der Waals surface area contributed by atoms with Gasteiger partial charge in [-0.15, -0.1) is 0 Å². The van der Waals surface area contributed by atoms with E-state index < -0.39 is 0 Å². The lowest BCUT2D eigenvalue weighted by atomic mass is 9.86. The normalized spacial score (nSPS) is 23.2. The van der Waals surface area contributed by atoms with E-state index in [2.05, 4.69) is 17.6 Å². The van der Waals surface area contributed by atoms with Crippen LogP contribution in [0.2, 0.25) is 0 Å². The first-order chi connectivity index (χ1) is 10.1. The molecule has 2 N–H and O–H groups in total. The molecule has 1 aromatic rings. The van der Waals surface area contributed by atoms with Crippen LogP contribution in [-0.4, -0.2) is 25.1 Å². The van der Waals surface area contributed by atoms with Gasteiger partial charge < -0.3 is 15.4 Å². The van der Waals surface area contributed by atoms with E-state index in [0.717, 1.165) is 17.9 Å². The van der Waals surface area contributed by atoms with Crippen LogP contribution < -0.4 is 15.4 Å². The zero-order valence-electron chi connectivity index (χ0n) is 13.2. The van der Waals surface area contributed by atoms with Crippen molar-refractivity contribution in [2.45, 2.75) is 51.6 Å². The first-order valence-corrected chi connectivity index (χ1v) is 7.81. The highest BCUT2D eigenvalue weighted by atomic mass is 16.5. The SMILES string of the molecule is COc1cccc(NC(C)C(=O)NC2CCCCC2C)c1. The lowest BCUT2D eigenvalue weighted by Crippen LogP contribution is -2.46. The van der Waals surface area contributed by atoms with E-state index in [-0.39, 0.29) is 11.9 Å². The van der Waals surface area contributed by atoms with E-state index in [1.807, 2.05) is 31.2 Å². The molecule has 1 aliphatic carbocycles. The van der Waals surface area contributed by atoms with Gasteiger partial charge in [0.25, 0.3) is 0 Å². The van der Waals surface area contributed by atoms with Crippen molar-refractivity contribution in [2.24, 2.45) is 5.92 Å². The van der Waals surface area contributed by atoms with Gasteiger partial charge in [-0.1, -0.05) is 25.8 Å². The summed E-state index contributed by atoms with van der Waals surface area (Å²) in [6.07, 6.45) is 4.81. The van der Waals surface area contributed by atoms with Crippen LogP contribution in [0.1, 0.15) is 39.5 Å². The Balaban J connectivity index is 1.89. The maximum atomic E-state index is 12.3. The van der Waals surface area contributed by atoms with Crippen LogP contribution in [0.3, 0.4) is 0 Å². The van der Waals surface area contributed by atoms with Gasteiger partial charge in [0, 0.05) is 17.8 Å². The zero-order chi connectivity index (χ0) is 15.2. The molecule has 1 fully saturated rings. The van der Waals surface area contributed by atoms with Crippen molar-refractivity contribution >= 4 is 11.6 Å². The zero-order valence-corrected chi connectivity index (χ0v) is 13.2. The number of amides is 1. The molecule has 4 nitrogen and oxygen atoms in total. The third-order valence-corrected chi connectivity index (χ3v) is 4.29. The molecule has 4 heteroatoms. The molecule has 0 bridgehead atoms. The molecular weight excluding hydrogens is 264 g/mol. The van der Waals surface area contributed by atoms with Crippen LogP contribution in [0.25, 0.3) is 0 Å². The van der Waals surface area contributed by atoms with Gasteiger partial charge in [-0.05, 0) is 37.8 Å². The van der Waals surface area contributed by atoms with E-state index in [1.54, 1.807) is 7.11 Å². The minimum atomic E-state index is -0.258. The number of rotatable bonds is 5. The Morgan fingerprint density at radius 3 is 2.81 bits per heavy atom. The number of carbonyl (C=O) groups is 1. The summed E-state index contributed by atoms with van der Waals surface area (Å²) >= 11 is 0. The second-order valence-electron chi connectivity index (χ2n) is 5.97. The van der Waals surface area contributed by atoms with Crippen LogP contribution in [-0.2, 0) is 4.79 Å². The standard InChI is InChI=1S/C17H26N2O2/c1-12-7-4-5-10-16(12)19-17(20)13(2)18-14-8-6-9-15(11-14)21-3/h6,8-9,11-13,16,18H,4-5,7,10H2,1-3H3,(H,19,20). The van der Waals surface area contributed by atoms with E-state index in [4.69, 9.17) is 4.74 Å². The van der Waals surface area contributed by atoms with E-state index >= 15 is 0 Å². The maximum absolute atomic E-state index is 12.3. The molecule has 1 saturated carbocycles. The molecule has 1 aliphatic rings. The average Bonchev–Trinajstić information content (AvgIpc) is 2.49. The third-order valence-electron chi connectivity index (χ3n) is 4.29. The topological polar surface area (TPSA) is 50.4 Å². The molecule has 0 spiro atoms. The Hall–Kier alpha value is -1.71. The number of nitrogens with one attached hydrogen (secondary N) is 2. The summed E-state index contributed by atoms with van der Waals surface area (Å²) in [7, 11) is 1.64. The highest BCUT2D eigenvalue weighted by Crippen LogP contribution is 2.24. The van der Waals surface area contributed by atoms with Crippen molar-refractivity contribution < 1.29 is 9.53 Å². The Bertz CT molecular complexity index is 476. The van der Waals surface area contributed by atoms with Gasteiger partial charge in [0.1, 0.15) is 11.8 Å². The Kier molecular flexibility index (Phi) is 5.48. The average molecular weight is 290 g/mol. The Labute approximate surface area is 127 Å². The molecule has 3 atom stereocenters. The summed E-state index contributed by atoms with van der Waals surface area (Å²) in [4.78, 5) is 12.3. The first kappa shape index (κ1) is 15.7. The fourth-order valence-corrected chi connectivity index (χ4v) is 2.87. The molecule has 2 rings (SSSR count). The smallest absolute Gasteiger partial charge is 0.242 e. The van der Waals surface area contributed by atoms with Crippen molar-refractivity contribution in [1.29, 1.82) is 0 Å². The molecule has 21 heavy (non-hydrogen) atoms. The molecule has 0 radical (unpaired) electrons. The predicted octanol–water partition coefficient (Wildman–Crippen LogP) is 3.19. The van der Waals surface area contributed by atoms with Crippen LogP contribution in [0.15, 0.2) is 24.3 Å². The van der Waals surface area contributed by atoms with Crippen LogP contribution in [0, 0.1) is 5.92 Å². The van der Waals surface area contributed by atoms with Crippen molar-refractivity contribution in [1.82, 2.24) is 5.32 Å². The lowest BCUT2D eigenvalue weighted by Gasteiger charge is -2.30. The highest BCUT2D eigenvalue weighted by molar-refractivity contribution is 5.84. The second kappa shape index (κ2) is 7.34. The summed E-state index contributed by atoms with van der Waals surface area (Å²) in [6.45, 7) is 4.12. The van der Waals surface area contributed by atoms with E-state index in [9.17, 15) is 4.79 Å². The molecular formula is C17H26N2O2. The van der Waals surface area contributed by atoms with Crippen LogP contribution in [0.5, 0.6) is 5.75 Å². The fourth-order valence-electron chi connectivity index (χ4n) is 2.87. The van der Waals surface area contributed by atoms with Gasteiger partial charge in [0.15, 0.2) is 0 Å². The molecule has 0 aromatic heterocycles. The Morgan fingerprint density at radius 1 is 1.33 bits per heavy atom. The molecule has 1 aromatic carbocycles. The third kappa shape index (κ3) is 4.38. The molecule has 0 aliphatic heterocycles. The van der Waals surface area contributed by atoms with Crippen LogP contribution >= 0.6 is 0 Å². The number of hydrogen-bond acceptors (Lipinski definition) is 3. The number of carbonyl (C=O) groups excluding carboxylic acids is 1. The van der Waals surface area contributed by atoms with Gasteiger partial charge in [0.2, 0.25) is 5.91 Å². The quantitative estimate of drug-likeness (QED) is 0.875. The minimum absolute atomic E-state index is 0.0663. The fraction of sp³-hybridized carbons (Fsp3) is 0.588. The van der Waals surface area contributed by atoms with Crippen LogP contribution in [0.4, 0.5) is 5.69 Å².